The number of Topliss-reactive ketones (excluding diaryl/α,β-unsaturated/α-hetero) is 1. The molecular formula is C8H5F5O2S. The fraction of sp³-hybridized carbons (Fsp3) is 0. The molecule has 0 saturated heterocycles. The maximum absolute atomic E-state index is 12.2. The first-order valence-electron chi connectivity index (χ1n) is 3.78. The molecule has 0 atom stereocenters. The van der Waals surface area contributed by atoms with Crippen LogP contribution in [0.3, 0.4) is 0 Å². The van der Waals surface area contributed by atoms with Crippen molar-refractivity contribution in [2.45, 2.75) is 4.90 Å². The Morgan fingerprint density at radius 1 is 1.00 bits per heavy atom. The monoisotopic (exact) mass is 260 g/mol. The molecule has 0 aromatic heterocycles. The average Bonchev–Trinajstić information content (AvgIpc) is 2.13. The number of hydrogen-bond donors (Lipinski definition) is 0. The van der Waals surface area contributed by atoms with Crippen LogP contribution in [0.15, 0.2) is 29.2 Å². The van der Waals surface area contributed by atoms with Gasteiger partial charge >= 0.3 is 10.2 Å². The second kappa shape index (κ2) is 2.82. The first kappa shape index (κ1) is 12.6. The van der Waals surface area contributed by atoms with Gasteiger partial charge in [0.05, 0.1) is 0 Å². The quantitative estimate of drug-likeness (QED) is 0.359. The molecule has 16 heavy (non-hydrogen) atoms. The topological polar surface area (TPSA) is 34.1 Å². The molecule has 0 aliphatic carbocycles. The molecule has 90 valence electrons. The molecule has 0 heterocycles. The van der Waals surface area contributed by atoms with E-state index in [1.165, 1.54) is 0 Å². The number of ketones is 1. The van der Waals surface area contributed by atoms with E-state index in [0.29, 0.717) is 12.1 Å². The highest BCUT2D eigenvalue weighted by molar-refractivity contribution is 8.45. The molecule has 0 saturated carbocycles. The zero-order valence-corrected chi connectivity index (χ0v) is 8.32. The summed E-state index contributed by atoms with van der Waals surface area (Å²) in [6, 6.07) is 1.23. The summed E-state index contributed by atoms with van der Waals surface area (Å²) in [4.78, 5) is 18.6. The van der Waals surface area contributed by atoms with E-state index in [1.54, 1.807) is 0 Å². The maximum atomic E-state index is 12.2. The molecule has 0 spiro atoms. The van der Waals surface area contributed by atoms with Crippen LogP contribution in [0.5, 0.6) is 0 Å². The third-order valence-corrected chi connectivity index (χ3v) is 2.85. The van der Waals surface area contributed by atoms with Gasteiger partial charge in [-0.05, 0) is 24.3 Å². The van der Waals surface area contributed by atoms with Gasteiger partial charge in [-0.1, -0.05) is 19.4 Å². The Morgan fingerprint density at radius 3 is 1.75 bits per heavy atom. The summed E-state index contributed by atoms with van der Waals surface area (Å²) < 4.78 is 61.0. The van der Waals surface area contributed by atoms with Gasteiger partial charge < -0.3 is 0 Å². The minimum atomic E-state index is -9.70. The van der Waals surface area contributed by atoms with Crippen molar-refractivity contribution in [2.24, 2.45) is 0 Å². The largest absolute Gasteiger partial charge is 0.310 e. The van der Waals surface area contributed by atoms with E-state index in [0.717, 1.165) is 0 Å². The Labute approximate surface area is 86.8 Å². The smallest absolute Gasteiger partial charge is 0.294 e. The van der Waals surface area contributed by atoms with E-state index >= 15 is 0 Å². The summed E-state index contributed by atoms with van der Waals surface area (Å²) in [5, 5.41) is 0. The standard InChI is InChI=1S/C8H5F5O2S/c9-16(10,11,12,13)7-3-1-6(2-4-7)8(15)5-14/h1-5H. The fourth-order valence-electron chi connectivity index (χ4n) is 0.944. The lowest BCUT2D eigenvalue weighted by Crippen LogP contribution is -2.07. The van der Waals surface area contributed by atoms with Gasteiger partial charge in [0, 0.05) is 5.56 Å². The normalized spacial score (nSPS) is 16.1. The van der Waals surface area contributed by atoms with E-state index in [2.05, 4.69) is 0 Å². The number of carbonyl (C=O) groups excluding carboxylic acids is 2. The predicted molar refractivity (Wildman–Crippen MR) is 48.2 cm³/mol. The molecule has 0 aliphatic heterocycles. The van der Waals surface area contributed by atoms with Gasteiger partial charge in [-0.25, -0.2) is 0 Å². The molecule has 0 amide bonds. The van der Waals surface area contributed by atoms with Crippen LogP contribution < -0.4 is 0 Å². The summed E-state index contributed by atoms with van der Waals surface area (Å²) in [6.07, 6.45) is -0.116. The number of aldehydes is 1. The van der Waals surface area contributed by atoms with Gasteiger partial charge in [0.25, 0.3) is 0 Å². The molecule has 0 bridgehead atoms. The van der Waals surface area contributed by atoms with Crippen LogP contribution in [-0.4, -0.2) is 12.1 Å². The molecule has 2 nitrogen and oxygen atoms in total. The molecule has 0 aliphatic rings. The molecule has 0 radical (unpaired) electrons. The Hall–Kier alpha value is -1.44. The molecular weight excluding hydrogens is 255 g/mol. The van der Waals surface area contributed by atoms with Crippen molar-refractivity contribution in [1.82, 2.24) is 0 Å². The fourth-order valence-corrected chi connectivity index (χ4v) is 1.59. The van der Waals surface area contributed by atoms with E-state index < -0.39 is 20.9 Å². The lowest BCUT2D eigenvalue weighted by molar-refractivity contribution is -0.104. The van der Waals surface area contributed by atoms with Crippen LogP contribution in [0.25, 0.3) is 0 Å². The van der Waals surface area contributed by atoms with Gasteiger partial charge in [0.2, 0.25) is 5.78 Å². The zero-order chi connectivity index (χ0) is 12.7. The van der Waals surface area contributed by atoms with Gasteiger partial charge in [-0.15, -0.1) is 0 Å². The molecule has 0 N–H and O–H groups in total. The molecule has 1 aromatic carbocycles. The first-order chi connectivity index (χ1) is 6.94. The van der Waals surface area contributed by atoms with Crippen LogP contribution in [0.1, 0.15) is 10.4 Å². The number of halogens is 5. The van der Waals surface area contributed by atoms with Crippen molar-refractivity contribution >= 4 is 22.3 Å². The third kappa shape index (κ3) is 2.78. The van der Waals surface area contributed by atoms with Crippen LogP contribution in [0.2, 0.25) is 0 Å². The van der Waals surface area contributed by atoms with Crippen molar-refractivity contribution in [3.8, 4) is 0 Å². The predicted octanol–water partition coefficient (Wildman–Crippen LogP) is 3.73. The Kier molecular flexibility index (Phi) is 2.22. The number of benzene rings is 1. The SMILES string of the molecule is O=CC(=O)c1ccc(S(F)(F)(F)(F)F)cc1. The van der Waals surface area contributed by atoms with Gasteiger partial charge in [-0.3, -0.25) is 9.59 Å². The van der Waals surface area contributed by atoms with Gasteiger partial charge in [-0.2, -0.15) is 0 Å². The van der Waals surface area contributed by atoms with Crippen LogP contribution >= 0.6 is 10.2 Å². The van der Waals surface area contributed by atoms with Crippen LogP contribution in [0, 0.1) is 0 Å². The highest BCUT2D eigenvalue weighted by atomic mass is 32.5. The number of hydrogen-bond acceptors (Lipinski definition) is 2. The third-order valence-electron chi connectivity index (χ3n) is 1.69. The van der Waals surface area contributed by atoms with Crippen molar-refractivity contribution < 1.29 is 29.0 Å². The van der Waals surface area contributed by atoms with Gasteiger partial charge in [0.15, 0.2) is 6.29 Å². The average molecular weight is 260 g/mol. The summed E-state index contributed by atoms with van der Waals surface area (Å²) in [7, 11) is -9.70. The minimum absolute atomic E-state index is 0.0816. The Bertz CT molecular complexity index is 447. The Morgan fingerprint density at radius 2 is 1.44 bits per heavy atom. The van der Waals surface area contributed by atoms with E-state index in [9.17, 15) is 29.0 Å². The minimum Gasteiger partial charge on any atom is -0.294 e. The zero-order valence-electron chi connectivity index (χ0n) is 7.50. The number of carbonyl (C=O) groups is 2. The van der Waals surface area contributed by atoms with Crippen molar-refractivity contribution in [3.05, 3.63) is 29.8 Å². The number of rotatable bonds is 3. The Balaban J connectivity index is 3.26. The van der Waals surface area contributed by atoms with Crippen LogP contribution in [-0.2, 0) is 4.79 Å². The summed E-state index contributed by atoms with van der Waals surface area (Å²) in [5.41, 5.74) is -0.374. The summed E-state index contributed by atoms with van der Waals surface area (Å²) >= 11 is 0. The molecule has 1 rings (SSSR count). The summed E-state index contributed by atoms with van der Waals surface area (Å²) in [6.45, 7) is 0. The lowest BCUT2D eigenvalue weighted by Gasteiger charge is -2.40. The first-order valence-corrected chi connectivity index (χ1v) is 5.73. The second-order valence-electron chi connectivity index (χ2n) is 2.98. The van der Waals surface area contributed by atoms with Crippen molar-refractivity contribution in [1.29, 1.82) is 0 Å². The van der Waals surface area contributed by atoms with Crippen LogP contribution in [0.4, 0.5) is 19.4 Å². The maximum Gasteiger partial charge on any atom is 0.310 e. The van der Waals surface area contributed by atoms with Gasteiger partial charge in [0.1, 0.15) is 4.90 Å². The molecule has 0 unspecified atom stereocenters. The molecule has 0 fully saturated rings. The summed E-state index contributed by atoms with van der Waals surface area (Å²) in [5.74, 6) is -1.08. The lowest BCUT2D eigenvalue weighted by atomic mass is 10.1. The van der Waals surface area contributed by atoms with Crippen molar-refractivity contribution in [3.63, 3.8) is 0 Å². The highest BCUT2D eigenvalue weighted by Gasteiger charge is 2.65. The highest BCUT2D eigenvalue weighted by Crippen LogP contribution is 3.02. The second-order valence-corrected chi connectivity index (χ2v) is 5.38. The van der Waals surface area contributed by atoms with E-state index in [4.69, 9.17) is 0 Å². The van der Waals surface area contributed by atoms with Crippen molar-refractivity contribution in [2.75, 3.05) is 0 Å². The molecule has 1 aromatic rings. The van der Waals surface area contributed by atoms with E-state index in [1.807, 2.05) is 0 Å². The van der Waals surface area contributed by atoms with E-state index in [-0.39, 0.29) is 24.0 Å². The molecule has 8 heteroatoms.